The molecule has 3 aromatic rings. The molecule has 6 nitrogen and oxygen atoms in total. The van der Waals surface area contributed by atoms with Crippen molar-refractivity contribution in [2.75, 3.05) is 0 Å². The van der Waals surface area contributed by atoms with Gasteiger partial charge in [-0.25, -0.2) is 0 Å². The van der Waals surface area contributed by atoms with E-state index in [9.17, 15) is 10.1 Å². The van der Waals surface area contributed by atoms with E-state index >= 15 is 0 Å². The van der Waals surface area contributed by atoms with Crippen LogP contribution in [0.5, 0.6) is 0 Å². The van der Waals surface area contributed by atoms with Crippen LogP contribution in [0.4, 0.5) is 5.69 Å². The highest BCUT2D eigenvalue weighted by molar-refractivity contribution is 5.83. The van der Waals surface area contributed by atoms with E-state index in [0.29, 0.717) is 5.82 Å². The Kier molecular flexibility index (Phi) is 2.26. The average molecular weight is 240 g/mol. The number of nitro groups is 1. The van der Waals surface area contributed by atoms with Crippen LogP contribution in [0.2, 0.25) is 0 Å². The highest BCUT2D eigenvalue weighted by atomic mass is 16.6. The molecule has 0 atom stereocenters. The summed E-state index contributed by atoms with van der Waals surface area (Å²) in [5.74, 6) is 0.682. The molecule has 0 saturated carbocycles. The zero-order valence-corrected chi connectivity index (χ0v) is 9.22. The molecular weight excluding hydrogens is 232 g/mol. The molecule has 2 heterocycles. The van der Waals surface area contributed by atoms with Gasteiger partial charge in [-0.2, -0.15) is 5.10 Å². The Bertz CT molecular complexity index is 721. The largest absolute Gasteiger partial charge is 0.300 e. The standard InChI is InChI=1S/C12H8N4O2/c17-16(18)10-3-4-11-9(8-10)5-7-15(11)12-2-1-6-13-14-12/h1-8H. The third-order valence-electron chi connectivity index (χ3n) is 2.69. The first-order chi connectivity index (χ1) is 8.75. The molecule has 0 saturated heterocycles. The number of nitrogens with zero attached hydrogens (tertiary/aromatic N) is 4. The molecule has 3 rings (SSSR count). The van der Waals surface area contributed by atoms with Crippen molar-refractivity contribution in [2.24, 2.45) is 0 Å². The van der Waals surface area contributed by atoms with Gasteiger partial charge < -0.3 is 0 Å². The third-order valence-corrected chi connectivity index (χ3v) is 2.69. The normalized spacial score (nSPS) is 10.7. The van der Waals surface area contributed by atoms with Gasteiger partial charge in [0.2, 0.25) is 0 Å². The SMILES string of the molecule is O=[N+]([O-])c1ccc2c(ccn2-c2cccnn2)c1. The van der Waals surface area contributed by atoms with Crippen molar-refractivity contribution in [1.29, 1.82) is 0 Å². The Balaban J connectivity index is 2.19. The van der Waals surface area contributed by atoms with Crippen LogP contribution < -0.4 is 0 Å². The van der Waals surface area contributed by atoms with Crippen LogP contribution in [0.3, 0.4) is 0 Å². The molecule has 18 heavy (non-hydrogen) atoms. The molecule has 1 aromatic carbocycles. The second-order valence-electron chi connectivity index (χ2n) is 3.77. The van der Waals surface area contributed by atoms with Gasteiger partial charge >= 0.3 is 0 Å². The van der Waals surface area contributed by atoms with Gasteiger partial charge in [-0.1, -0.05) is 0 Å². The zero-order valence-electron chi connectivity index (χ0n) is 9.22. The Morgan fingerprint density at radius 3 is 2.83 bits per heavy atom. The van der Waals surface area contributed by atoms with Gasteiger partial charge in [0.1, 0.15) is 0 Å². The second-order valence-corrected chi connectivity index (χ2v) is 3.77. The molecule has 0 spiro atoms. The summed E-state index contributed by atoms with van der Waals surface area (Å²) in [4.78, 5) is 10.3. The lowest BCUT2D eigenvalue weighted by Gasteiger charge is -2.02. The lowest BCUT2D eigenvalue weighted by Crippen LogP contribution is -1.96. The van der Waals surface area contributed by atoms with Gasteiger partial charge in [0, 0.05) is 29.9 Å². The molecular formula is C12H8N4O2. The van der Waals surface area contributed by atoms with Crippen LogP contribution in [-0.2, 0) is 0 Å². The van der Waals surface area contributed by atoms with E-state index in [-0.39, 0.29) is 5.69 Å². The van der Waals surface area contributed by atoms with Crippen molar-refractivity contribution in [3.63, 3.8) is 0 Å². The number of benzene rings is 1. The van der Waals surface area contributed by atoms with Crippen LogP contribution in [0.25, 0.3) is 16.7 Å². The number of rotatable bonds is 2. The van der Waals surface area contributed by atoms with E-state index in [0.717, 1.165) is 10.9 Å². The van der Waals surface area contributed by atoms with Crippen LogP contribution in [-0.4, -0.2) is 19.7 Å². The van der Waals surface area contributed by atoms with Crippen molar-refractivity contribution >= 4 is 16.6 Å². The number of non-ortho nitro benzene ring substituents is 1. The number of nitro benzene ring substituents is 1. The van der Waals surface area contributed by atoms with E-state index in [1.807, 2.05) is 22.9 Å². The third kappa shape index (κ3) is 1.60. The monoisotopic (exact) mass is 240 g/mol. The first kappa shape index (κ1) is 10.4. The minimum Gasteiger partial charge on any atom is -0.300 e. The minimum absolute atomic E-state index is 0.0828. The molecule has 0 unspecified atom stereocenters. The second kappa shape index (κ2) is 3.92. The fraction of sp³-hybridized carbons (Fsp3) is 0. The molecule has 0 radical (unpaired) electrons. The molecule has 2 aromatic heterocycles. The summed E-state index contributed by atoms with van der Waals surface area (Å²) in [7, 11) is 0. The predicted octanol–water partition coefficient (Wildman–Crippen LogP) is 2.33. The van der Waals surface area contributed by atoms with E-state index in [1.165, 1.54) is 6.07 Å². The van der Waals surface area contributed by atoms with Crippen molar-refractivity contribution in [1.82, 2.24) is 14.8 Å². The number of fused-ring (bicyclic) bond motifs is 1. The van der Waals surface area contributed by atoms with Gasteiger partial charge in [0.15, 0.2) is 5.82 Å². The first-order valence-electron chi connectivity index (χ1n) is 5.29. The number of hydrogen-bond acceptors (Lipinski definition) is 4. The highest BCUT2D eigenvalue weighted by Gasteiger charge is 2.09. The van der Waals surface area contributed by atoms with Crippen LogP contribution in [0.15, 0.2) is 48.8 Å². The summed E-state index contributed by atoms with van der Waals surface area (Å²) < 4.78 is 1.84. The van der Waals surface area contributed by atoms with E-state index in [2.05, 4.69) is 10.2 Å². The lowest BCUT2D eigenvalue weighted by molar-refractivity contribution is -0.384. The fourth-order valence-corrected chi connectivity index (χ4v) is 1.87. The van der Waals surface area contributed by atoms with Gasteiger partial charge in [0.05, 0.1) is 10.4 Å². The molecule has 6 heteroatoms. The molecule has 88 valence electrons. The van der Waals surface area contributed by atoms with Crippen LogP contribution >= 0.6 is 0 Å². The summed E-state index contributed by atoms with van der Waals surface area (Å²) >= 11 is 0. The summed E-state index contributed by atoms with van der Waals surface area (Å²) in [6.07, 6.45) is 3.42. The molecule has 0 aliphatic heterocycles. The molecule has 0 N–H and O–H groups in total. The maximum Gasteiger partial charge on any atom is 0.270 e. The van der Waals surface area contributed by atoms with Crippen molar-refractivity contribution < 1.29 is 4.92 Å². The van der Waals surface area contributed by atoms with Gasteiger partial charge in [0.25, 0.3) is 5.69 Å². The lowest BCUT2D eigenvalue weighted by atomic mass is 10.2. The van der Waals surface area contributed by atoms with Gasteiger partial charge in [-0.05, 0) is 24.3 Å². The quantitative estimate of drug-likeness (QED) is 0.509. The van der Waals surface area contributed by atoms with Gasteiger partial charge in [-0.15, -0.1) is 5.10 Å². The summed E-state index contributed by atoms with van der Waals surface area (Å²) in [5.41, 5.74) is 0.945. The summed E-state index contributed by atoms with van der Waals surface area (Å²) in [6.45, 7) is 0. The Morgan fingerprint density at radius 1 is 1.22 bits per heavy atom. The number of aromatic nitrogens is 3. The predicted molar refractivity (Wildman–Crippen MR) is 65.5 cm³/mol. The van der Waals surface area contributed by atoms with E-state index < -0.39 is 4.92 Å². The van der Waals surface area contributed by atoms with Crippen LogP contribution in [0, 0.1) is 10.1 Å². The van der Waals surface area contributed by atoms with Crippen molar-refractivity contribution in [3.05, 3.63) is 58.9 Å². The minimum atomic E-state index is -0.404. The summed E-state index contributed by atoms with van der Waals surface area (Å²) in [6, 6.07) is 10.2. The topological polar surface area (TPSA) is 73.8 Å². The maximum absolute atomic E-state index is 10.7. The fourth-order valence-electron chi connectivity index (χ4n) is 1.87. The Labute approximate surface area is 102 Å². The average Bonchev–Trinajstić information content (AvgIpc) is 2.82. The van der Waals surface area contributed by atoms with Crippen LogP contribution in [0.1, 0.15) is 0 Å². The smallest absolute Gasteiger partial charge is 0.270 e. The first-order valence-corrected chi connectivity index (χ1v) is 5.29. The summed E-state index contributed by atoms with van der Waals surface area (Å²) in [5, 5.41) is 19.3. The Morgan fingerprint density at radius 2 is 2.11 bits per heavy atom. The highest BCUT2D eigenvalue weighted by Crippen LogP contribution is 2.23. The molecule has 0 aliphatic carbocycles. The molecule has 0 fully saturated rings. The maximum atomic E-state index is 10.7. The Hall–Kier alpha value is -2.76. The van der Waals surface area contributed by atoms with E-state index in [4.69, 9.17) is 0 Å². The molecule has 0 bridgehead atoms. The van der Waals surface area contributed by atoms with E-state index in [1.54, 1.807) is 24.4 Å². The van der Waals surface area contributed by atoms with Crippen molar-refractivity contribution in [2.45, 2.75) is 0 Å². The van der Waals surface area contributed by atoms with Gasteiger partial charge in [-0.3, -0.25) is 14.7 Å². The molecule has 0 amide bonds. The van der Waals surface area contributed by atoms with Crippen molar-refractivity contribution in [3.8, 4) is 5.82 Å². The number of hydrogen-bond donors (Lipinski definition) is 0. The molecule has 0 aliphatic rings. The zero-order chi connectivity index (χ0) is 12.5.